The van der Waals surface area contributed by atoms with Crippen LogP contribution in [0.1, 0.15) is 31.2 Å². The number of para-hydroxylation sites is 1. The maximum absolute atomic E-state index is 11.8. The van der Waals surface area contributed by atoms with Crippen molar-refractivity contribution in [3.63, 3.8) is 0 Å². The molecule has 1 heterocycles. The summed E-state index contributed by atoms with van der Waals surface area (Å²) in [4.78, 5) is 0. The van der Waals surface area contributed by atoms with Crippen LogP contribution in [0.2, 0.25) is 0 Å². The van der Waals surface area contributed by atoms with Gasteiger partial charge in [0.1, 0.15) is 9.84 Å². The lowest BCUT2D eigenvalue weighted by Gasteiger charge is -2.29. The third-order valence-corrected chi connectivity index (χ3v) is 6.19. The number of hydrogen-bond donors (Lipinski definition) is 1. The molecule has 23 heavy (non-hydrogen) atoms. The zero-order chi connectivity index (χ0) is 16.3. The van der Waals surface area contributed by atoms with Crippen molar-refractivity contribution < 1.29 is 8.42 Å². The maximum atomic E-state index is 11.8. The van der Waals surface area contributed by atoms with Gasteiger partial charge in [-0.15, -0.1) is 0 Å². The Balaban J connectivity index is 1.67. The number of nitrogens with zero attached hydrogens (tertiary/aromatic N) is 2. The highest BCUT2D eigenvalue weighted by molar-refractivity contribution is 7.91. The van der Waals surface area contributed by atoms with E-state index in [1.165, 1.54) is 6.26 Å². The molecule has 124 valence electrons. The minimum Gasteiger partial charge on any atom is -0.310 e. The summed E-state index contributed by atoms with van der Waals surface area (Å²) in [7, 11) is -2.94. The van der Waals surface area contributed by atoms with E-state index in [-0.39, 0.29) is 11.3 Å². The van der Waals surface area contributed by atoms with Crippen LogP contribution in [0.15, 0.2) is 42.7 Å². The first-order valence-electron chi connectivity index (χ1n) is 8.04. The maximum Gasteiger partial charge on any atom is 0.150 e. The highest BCUT2D eigenvalue weighted by Crippen LogP contribution is 2.24. The molecule has 5 nitrogen and oxygen atoms in total. The van der Waals surface area contributed by atoms with Crippen LogP contribution in [0.3, 0.4) is 0 Å². The lowest BCUT2D eigenvalue weighted by Crippen LogP contribution is -2.38. The molecular formula is C17H23N3O2S. The number of sulfone groups is 1. The highest BCUT2D eigenvalue weighted by atomic mass is 32.2. The van der Waals surface area contributed by atoms with E-state index in [4.69, 9.17) is 0 Å². The molecule has 6 heteroatoms. The van der Waals surface area contributed by atoms with E-state index in [9.17, 15) is 8.42 Å². The Kier molecular flexibility index (Phi) is 4.82. The molecule has 3 rings (SSSR count). The molecule has 0 bridgehead atoms. The van der Waals surface area contributed by atoms with E-state index in [1.807, 2.05) is 35.1 Å². The van der Waals surface area contributed by atoms with Crippen molar-refractivity contribution in [2.75, 3.05) is 6.26 Å². The van der Waals surface area contributed by atoms with E-state index in [2.05, 4.69) is 16.5 Å². The van der Waals surface area contributed by atoms with Crippen LogP contribution < -0.4 is 5.32 Å². The molecular weight excluding hydrogens is 310 g/mol. The molecule has 1 aromatic carbocycles. The number of benzene rings is 1. The third kappa shape index (κ3) is 4.00. The minimum absolute atomic E-state index is 0.199. The Morgan fingerprint density at radius 3 is 2.83 bits per heavy atom. The smallest absolute Gasteiger partial charge is 0.150 e. The lowest BCUT2D eigenvalue weighted by molar-refractivity contribution is 0.371. The van der Waals surface area contributed by atoms with Crippen LogP contribution in [-0.4, -0.2) is 35.7 Å². The number of nitrogens with one attached hydrogen (secondary N) is 1. The Morgan fingerprint density at radius 2 is 2.09 bits per heavy atom. The SMILES string of the molecule is CS(=O)(=O)[C@H]1CCC[C@H](NCc2ccccc2-n2cccn2)C1. The molecule has 1 N–H and O–H groups in total. The van der Waals surface area contributed by atoms with Gasteiger partial charge in [-0.25, -0.2) is 13.1 Å². The molecule has 1 aromatic heterocycles. The average molecular weight is 333 g/mol. The Morgan fingerprint density at radius 1 is 1.26 bits per heavy atom. The molecule has 1 saturated carbocycles. The molecule has 1 aliphatic rings. The number of aromatic nitrogens is 2. The average Bonchev–Trinajstić information content (AvgIpc) is 3.07. The normalized spacial score (nSPS) is 22.1. The summed E-state index contributed by atoms with van der Waals surface area (Å²) in [5, 5.41) is 7.63. The minimum atomic E-state index is -2.94. The second kappa shape index (κ2) is 6.84. The Bertz CT molecular complexity index is 741. The summed E-state index contributed by atoms with van der Waals surface area (Å²) in [6, 6.07) is 10.3. The van der Waals surface area contributed by atoms with Crippen LogP contribution in [-0.2, 0) is 16.4 Å². The fourth-order valence-corrected chi connectivity index (χ4v) is 4.45. The van der Waals surface area contributed by atoms with E-state index in [0.29, 0.717) is 6.42 Å². The van der Waals surface area contributed by atoms with Crippen LogP contribution in [0.25, 0.3) is 5.69 Å². The van der Waals surface area contributed by atoms with Gasteiger partial charge in [0.15, 0.2) is 0 Å². The Hall–Kier alpha value is -1.66. The van der Waals surface area contributed by atoms with Gasteiger partial charge in [-0.1, -0.05) is 24.6 Å². The van der Waals surface area contributed by atoms with Crippen molar-refractivity contribution in [3.8, 4) is 5.69 Å². The van der Waals surface area contributed by atoms with E-state index in [1.54, 1.807) is 6.20 Å². The van der Waals surface area contributed by atoms with E-state index in [0.717, 1.165) is 37.1 Å². The molecule has 2 aromatic rings. The van der Waals surface area contributed by atoms with Crippen molar-refractivity contribution in [2.24, 2.45) is 0 Å². The van der Waals surface area contributed by atoms with Crippen LogP contribution in [0, 0.1) is 0 Å². The summed E-state index contributed by atoms with van der Waals surface area (Å²) in [6.45, 7) is 0.719. The van der Waals surface area contributed by atoms with Gasteiger partial charge in [0.25, 0.3) is 0 Å². The highest BCUT2D eigenvalue weighted by Gasteiger charge is 2.28. The molecule has 0 amide bonds. The second-order valence-electron chi connectivity index (χ2n) is 6.28. The van der Waals surface area contributed by atoms with E-state index < -0.39 is 9.84 Å². The van der Waals surface area contributed by atoms with Crippen molar-refractivity contribution in [3.05, 3.63) is 48.3 Å². The molecule has 2 atom stereocenters. The summed E-state index contributed by atoms with van der Waals surface area (Å²) in [5.41, 5.74) is 2.22. The third-order valence-electron chi connectivity index (χ3n) is 4.56. The summed E-state index contributed by atoms with van der Waals surface area (Å²) in [5.74, 6) is 0. The standard InChI is InChI=1S/C17H23N3O2S/c1-23(21,22)16-8-4-7-15(12-16)18-13-14-6-2-3-9-17(14)20-11-5-10-19-20/h2-3,5-6,9-11,15-16,18H,4,7-8,12-13H2,1H3/t15-,16-/m0/s1. The first-order valence-corrected chi connectivity index (χ1v) is 9.99. The molecule has 0 aliphatic heterocycles. The van der Waals surface area contributed by atoms with Crippen LogP contribution in [0.5, 0.6) is 0 Å². The predicted octanol–water partition coefficient (Wildman–Crippen LogP) is 2.32. The first-order chi connectivity index (χ1) is 11.0. The zero-order valence-corrected chi connectivity index (χ0v) is 14.2. The second-order valence-corrected chi connectivity index (χ2v) is 8.60. The van der Waals surface area contributed by atoms with Crippen molar-refractivity contribution in [1.29, 1.82) is 0 Å². The van der Waals surface area contributed by atoms with Crippen molar-refractivity contribution >= 4 is 9.84 Å². The van der Waals surface area contributed by atoms with Gasteiger partial charge in [0.2, 0.25) is 0 Å². The fraction of sp³-hybridized carbons (Fsp3) is 0.471. The molecule has 0 saturated heterocycles. The quantitative estimate of drug-likeness (QED) is 0.912. The summed E-state index contributed by atoms with van der Waals surface area (Å²) < 4.78 is 25.4. The van der Waals surface area contributed by atoms with Gasteiger partial charge >= 0.3 is 0 Å². The topological polar surface area (TPSA) is 64.0 Å². The zero-order valence-electron chi connectivity index (χ0n) is 13.4. The monoisotopic (exact) mass is 333 g/mol. The van der Waals surface area contributed by atoms with Gasteiger partial charge in [-0.2, -0.15) is 5.10 Å². The first kappa shape index (κ1) is 16.2. The molecule has 0 radical (unpaired) electrons. The largest absolute Gasteiger partial charge is 0.310 e. The van der Waals surface area contributed by atoms with Gasteiger partial charge in [0, 0.05) is 31.2 Å². The van der Waals surface area contributed by atoms with E-state index >= 15 is 0 Å². The molecule has 1 fully saturated rings. The molecule has 0 unspecified atom stereocenters. The number of rotatable bonds is 5. The summed E-state index contributed by atoms with van der Waals surface area (Å²) >= 11 is 0. The van der Waals surface area contributed by atoms with Crippen LogP contribution >= 0.6 is 0 Å². The van der Waals surface area contributed by atoms with Gasteiger partial charge in [-0.3, -0.25) is 0 Å². The van der Waals surface area contributed by atoms with Crippen LogP contribution in [0.4, 0.5) is 0 Å². The number of hydrogen-bond acceptors (Lipinski definition) is 4. The van der Waals surface area contributed by atoms with Gasteiger partial charge in [0.05, 0.1) is 10.9 Å². The fourth-order valence-electron chi connectivity index (χ4n) is 3.27. The molecule has 0 spiro atoms. The van der Waals surface area contributed by atoms with Crippen molar-refractivity contribution in [1.82, 2.24) is 15.1 Å². The summed E-state index contributed by atoms with van der Waals surface area (Å²) in [6.07, 6.45) is 8.56. The molecule has 1 aliphatic carbocycles. The van der Waals surface area contributed by atoms with Crippen molar-refractivity contribution in [2.45, 2.75) is 43.5 Å². The Labute approximate surface area is 137 Å². The predicted molar refractivity (Wildman–Crippen MR) is 91.3 cm³/mol. The lowest BCUT2D eigenvalue weighted by atomic mass is 9.94. The van der Waals surface area contributed by atoms with Gasteiger partial charge < -0.3 is 5.32 Å². The van der Waals surface area contributed by atoms with Gasteiger partial charge in [-0.05, 0) is 37.0 Å².